The summed E-state index contributed by atoms with van der Waals surface area (Å²) in [7, 11) is 0. The second-order valence-electron chi connectivity index (χ2n) is 6.04. The fraction of sp³-hybridized carbons (Fsp3) is 0.750. The van der Waals surface area contributed by atoms with E-state index in [2.05, 4.69) is 34.2 Å². The van der Waals surface area contributed by atoms with E-state index in [9.17, 15) is 0 Å². The van der Waals surface area contributed by atoms with Gasteiger partial charge in [0, 0.05) is 9.35 Å². The van der Waals surface area contributed by atoms with Crippen LogP contribution in [0.2, 0.25) is 4.34 Å². The van der Waals surface area contributed by atoms with Crippen molar-refractivity contribution in [2.45, 2.75) is 58.3 Å². The lowest BCUT2D eigenvalue weighted by molar-refractivity contribution is 0.246. The molecule has 1 heterocycles. The molecule has 1 aliphatic carbocycles. The number of halogens is 2. The van der Waals surface area contributed by atoms with Gasteiger partial charge in [0.05, 0.1) is 0 Å². The minimum Gasteiger partial charge on any atom is -0.317 e. The summed E-state index contributed by atoms with van der Waals surface area (Å²) in [6, 6.07) is 2.20. The first-order valence-electron chi connectivity index (χ1n) is 7.80. The standard InChI is InChI=1S/C16H25BrClNS/c1-2-10-19-11-9-16(6-3-4-7-16)8-5-13-12-14(17)15(18)20-13/h12,19H,2-11H2,1H3. The summed E-state index contributed by atoms with van der Waals surface area (Å²) in [6.45, 7) is 4.57. The van der Waals surface area contributed by atoms with Gasteiger partial charge in [0.25, 0.3) is 0 Å². The van der Waals surface area contributed by atoms with Crippen molar-refractivity contribution >= 4 is 38.9 Å². The first kappa shape index (κ1) is 16.8. The highest BCUT2D eigenvalue weighted by Crippen LogP contribution is 2.45. The van der Waals surface area contributed by atoms with Crippen molar-refractivity contribution in [3.05, 3.63) is 19.8 Å². The fourth-order valence-corrected chi connectivity index (χ4v) is 5.10. The molecule has 0 bridgehead atoms. The van der Waals surface area contributed by atoms with Crippen LogP contribution in [0, 0.1) is 5.41 Å². The Morgan fingerprint density at radius 1 is 1.30 bits per heavy atom. The highest BCUT2D eigenvalue weighted by Gasteiger charge is 2.32. The second kappa shape index (κ2) is 8.17. The van der Waals surface area contributed by atoms with E-state index in [0.29, 0.717) is 5.41 Å². The molecule has 0 aliphatic heterocycles. The van der Waals surface area contributed by atoms with Crippen LogP contribution >= 0.6 is 38.9 Å². The Balaban J connectivity index is 1.85. The van der Waals surface area contributed by atoms with Crippen LogP contribution in [0.25, 0.3) is 0 Å². The van der Waals surface area contributed by atoms with Gasteiger partial charge in [0.15, 0.2) is 0 Å². The number of rotatable bonds is 8. The van der Waals surface area contributed by atoms with Gasteiger partial charge in [-0.3, -0.25) is 0 Å². The molecule has 0 atom stereocenters. The monoisotopic (exact) mass is 377 g/mol. The van der Waals surface area contributed by atoms with Crippen molar-refractivity contribution in [1.29, 1.82) is 0 Å². The molecule has 114 valence electrons. The molecule has 1 aromatic rings. The summed E-state index contributed by atoms with van der Waals surface area (Å²) in [5.74, 6) is 0. The quantitative estimate of drug-likeness (QED) is 0.543. The van der Waals surface area contributed by atoms with Gasteiger partial charge >= 0.3 is 0 Å². The Bertz CT molecular complexity index is 393. The van der Waals surface area contributed by atoms with Gasteiger partial charge in [-0.25, -0.2) is 0 Å². The topological polar surface area (TPSA) is 12.0 Å². The summed E-state index contributed by atoms with van der Waals surface area (Å²) in [4.78, 5) is 1.43. The zero-order chi connectivity index (χ0) is 14.4. The third-order valence-electron chi connectivity index (χ3n) is 4.52. The van der Waals surface area contributed by atoms with Crippen molar-refractivity contribution < 1.29 is 0 Å². The van der Waals surface area contributed by atoms with Gasteiger partial charge in [-0.2, -0.15) is 0 Å². The van der Waals surface area contributed by atoms with E-state index in [-0.39, 0.29) is 0 Å². The van der Waals surface area contributed by atoms with E-state index in [1.54, 1.807) is 11.3 Å². The average molecular weight is 379 g/mol. The molecule has 1 nitrogen and oxygen atoms in total. The molecule has 1 aliphatic rings. The van der Waals surface area contributed by atoms with E-state index in [0.717, 1.165) is 15.4 Å². The van der Waals surface area contributed by atoms with Crippen LogP contribution in [0.1, 0.15) is 56.7 Å². The minimum absolute atomic E-state index is 0.587. The molecular formula is C16H25BrClNS. The Labute approximate surface area is 140 Å². The molecule has 0 unspecified atom stereocenters. The van der Waals surface area contributed by atoms with Crippen molar-refractivity contribution in [1.82, 2.24) is 5.32 Å². The van der Waals surface area contributed by atoms with Crippen LogP contribution in [0.4, 0.5) is 0 Å². The van der Waals surface area contributed by atoms with Crippen LogP contribution in [-0.2, 0) is 6.42 Å². The van der Waals surface area contributed by atoms with E-state index in [1.165, 1.54) is 62.8 Å². The Morgan fingerprint density at radius 2 is 2.05 bits per heavy atom. The maximum atomic E-state index is 6.14. The maximum Gasteiger partial charge on any atom is 0.107 e. The summed E-state index contributed by atoms with van der Waals surface area (Å²) in [6.07, 6.45) is 10.8. The average Bonchev–Trinajstić information content (AvgIpc) is 3.02. The van der Waals surface area contributed by atoms with E-state index in [4.69, 9.17) is 11.6 Å². The summed E-state index contributed by atoms with van der Waals surface area (Å²) in [5.41, 5.74) is 0.587. The zero-order valence-corrected chi connectivity index (χ0v) is 15.5. The number of nitrogens with one attached hydrogen (secondary N) is 1. The molecule has 1 fully saturated rings. The van der Waals surface area contributed by atoms with Crippen molar-refractivity contribution in [2.24, 2.45) is 5.41 Å². The Morgan fingerprint density at radius 3 is 2.65 bits per heavy atom. The van der Waals surface area contributed by atoms with Crippen LogP contribution < -0.4 is 5.32 Å². The molecule has 2 rings (SSSR count). The predicted octanol–water partition coefficient (Wildman–Crippen LogP) is 6.05. The molecular weight excluding hydrogens is 354 g/mol. The highest BCUT2D eigenvalue weighted by molar-refractivity contribution is 9.10. The van der Waals surface area contributed by atoms with Crippen LogP contribution in [0.5, 0.6) is 0 Å². The molecule has 0 spiro atoms. The predicted molar refractivity (Wildman–Crippen MR) is 94.0 cm³/mol. The van der Waals surface area contributed by atoms with Crippen LogP contribution in [-0.4, -0.2) is 13.1 Å². The van der Waals surface area contributed by atoms with Crippen molar-refractivity contribution in [3.8, 4) is 0 Å². The van der Waals surface area contributed by atoms with E-state index in [1.807, 2.05) is 0 Å². The van der Waals surface area contributed by atoms with Gasteiger partial charge in [-0.05, 0) is 79.0 Å². The summed E-state index contributed by atoms with van der Waals surface area (Å²) in [5, 5.41) is 3.57. The molecule has 1 N–H and O–H groups in total. The molecule has 0 radical (unpaired) electrons. The van der Waals surface area contributed by atoms with Crippen molar-refractivity contribution in [2.75, 3.05) is 13.1 Å². The molecule has 0 saturated heterocycles. The van der Waals surface area contributed by atoms with Gasteiger partial charge < -0.3 is 5.32 Å². The van der Waals surface area contributed by atoms with E-state index >= 15 is 0 Å². The van der Waals surface area contributed by atoms with Gasteiger partial charge in [-0.1, -0.05) is 31.4 Å². The van der Waals surface area contributed by atoms with Gasteiger partial charge in [-0.15, -0.1) is 11.3 Å². The molecule has 20 heavy (non-hydrogen) atoms. The van der Waals surface area contributed by atoms with Crippen LogP contribution in [0.15, 0.2) is 10.5 Å². The lowest BCUT2D eigenvalue weighted by atomic mass is 9.78. The Kier molecular flexibility index (Phi) is 6.86. The minimum atomic E-state index is 0.587. The molecule has 1 aromatic heterocycles. The highest BCUT2D eigenvalue weighted by atomic mass is 79.9. The fourth-order valence-electron chi connectivity index (χ4n) is 3.31. The van der Waals surface area contributed by atoms with Gasteiger partial charge in [0.2, 0.25) is 0 Å². The molecule has 4 heteroatoms. The molecule has 1 saturated carbocycles. The number of hydrogen-bond acceptors (Lipinski definition) is 2. The third kappa shape index (κ3) is 4.72. The van der Waals surface area contributed by atoms with E-state index < -0.39 is 0 Å². The Hall–Kier alpha value is 0.430. The molecule has 0 amide bonds. The zero-order valence-electron chi connectivity index (χ0n) is 12.3. The lowest BCUT2D eigenvalue weighted by Gasteiger charge is -2.29. The third-order valence-corrected chi connectivity index (χ3v) is 7.06. The second-order valence-corrected chi connectivity index (χ2v) is 8.63. The first-order valence-corrected chi connectivity index (χ1v) is 9.78. The summed E-state index contributed by atoms with van der Waals surface area (Å²) >= 11 is 11.4. The maximum absolute atomic E-state index is 6.14. The van der Waals surface area contributed by atoms with Crippen molar-refractivity contribution in [3.63, 3.8) is 0 Å². The largest absolute Gasteiger partial charge is 0.317 e. The van der Waals surface area contributed by atoms with Crippen LogP contribution in [0.3, 0.4) is 0 Å². The number of hydrogen-bond donors (Lipinski definition) is 1. The SMILES string of the molecule is CCCNCCC1(CCc2cc(Br)c(Cl)s2)CCCC1. The number of thiophene rings is 1. The normalized spacial score (nSPS) is 17.8. The van der Waals surface area contributed by atoms with Gasteiger partial charge in [0.1, 0.15) is 4.34 Å². The smallest absolute Gasteiger partial charge is 0.107 e. The number of aryl methyl sites for hydroxylation is 1. The molecule has 0 aromatic carbocycles. The lowest BCUT2D eigenvalue weighted by Crippen LogP contribution is -2.25. The first-order chi connectivity index (χ1) is 9.65. The summed E-state index contributed by atoms with van der Waals surface area (Å²) < 4.78 is 1.95.